The van der Waals surface area contributed by atoms with E-state index in [1.54, 1.807) is 6.92 Å². The first-order valence-electron chi connectivity index (χ1n) is 6.25. The van der Waals surface area contributed by atoms with Crippen molar-refractivity contribution in [1.29, 1.82) is 0 Å². The fourth-order valence-electron chi connectivity index (χ4n) is 1.52. The summed E-state index contributed by atoms with van der Waals surface area (Å²) in [7, 11) is -3.52. The maximum atomic E-state index is 11.9. The molecule has 1 rings (SSSR count). The topological polar surface area (TPSA) is 125 Å². The Morgan fingerprint density at radius 1 is 1.43 bits per heavy atom. The van der Waals surface area contributed by atoms with E-state index in [-0.39, 0.29) is 17.1 Å². The molecule has 0 radical (unpaired) electrons. The Morgan fingerprint density at radius 3 is 2.67 bits per heavy atom. The Kier molecular flexibility index (Phi) is 5.79. The van der Waals surface area contributed by atoms with Crippen LogP contribution in [0.1, 0.15) is 30.6 Å². The average molecular weight is 315 g/mol. The summed E-state index contributed by atoms with van der Waals surface area (Å²) in [5.41, 5.74) is -0.0282. The zero-order valence-electron chi connectivity index (χ0n) is 11.7. The number of sulfonamides is 1. The molecule has 0 aliphatic rings. The highest BCUT2D eigenvalue weighted by Gasteiger charge is 2.20. The molecule has 0 aliphatic heterocycles. The van der Waals surface area contributed by atoms with Crippen LogP contribution in [0, 0.1) is 0 Å². The van der Waals surface area contributed by atoms with E-state index in [4.69, 9.17) is 5.11 Å². The zero-order chi connectivity index (χ0) is 16.0. The van der Waals surface area contributed by atoms with Gasteiger partial charge < -0.3 is 10.4 Å². The standard InChI is InChI=1S/C12H17N3O5S/c1-3-6-21(19,20)15-8(2)11(16)14-10-7-9(12(17)18)4-5-13-10/h4-5,7-8,15H,3,6H2,1-2H3,(H,17,18)(H,13,14,16). The molecule has 0 aliphatic carbocycles. The van der Waals surface area contributed by atoms with E-state index >= 15 is 0 Å². The molecule has 21 heavy (non-hydrogen) atoms. The number of amides is 1. The van der Waals surface area contributed by atoms with Gasteiger partial charge in [-0.3, -0.25) is 4.79 Å². The molecule has 1 amide bonds. The third kappa shape index (κ3) is 5.48. The van der Waals surface area contributed by atoms with E-state index in [0.717, 1.165) is 0 Å². The van der Waals surface area contributed by atoms with Gasteiger partial charge in [0.2, 0.25) is 15.9 Å². The van der Waals surface area contributed by atoms with Crippen LogP contribution in [0.3, 0.4) is 0 Å². The SMILES string of the molecule is CCCS(=O)(=O)NC(C)C(=O)Nc1cc(C(=O)O)ccn1. The first-order chi connectivity index (χ1) is 9.75. The summed E-state index contributed by atoms with van der Waals surface area (Å²) in [6.07, 6.45) is 1.68. The van der Waals surface area contributed by atoms with Gasteiger partial charge in [-0.25, -0.2) is 22.9 Å². The van der Waals surface area contributed by atoms with Gasteiger partial charge in [0.15, 0.2) is 0 Å². The van der Waals surface area contributed by atoms with Crippen molar-refractivity contribution in [2.45, 2.75) is 26.3 Å². The van der Waals surface area contributed by atoms with Gasteiger partial charge in [-0.05, 0) is 25.5 Å². The highest BCUT2D eigenvalue weighted by atomic mass is 32.2. The molecular formula is C12H17N3O5S. The van der Waals surface area contributed by atoms with Gasteiger partial charge in [0.05, 0.1) is 17.4 Å². The third-order valence-corrected chi connectivity index (χ3v) is 4.14. The molecular weight excluding hydrogens is 298 g/mol. The first kappa shape index (κ1) is 17.1. The fraction of sp³-hybridized carbons (Fsp3) is 0.417. The van der Waals surface area contributed by atoms with E-state index in [9.17, 15) is 18.0 Å². The number of rotatable bonds is 7. The summed E-state index contributed by atoms with van der Waals surface area (Å²) >= 11 is 0. The minimum atomic E-state index is -3.52. The number of nitrogens with one attached hydrogen (secondary N) is 2. The number of carboxylic acids is 1. The monoisotopic (exact) mass is 315 g/mol. The molecule has 1 unspecified atom stereocenters. The fourth-order valence-corrected chi connectivity index (χ4v) is 2.82. The lowest BCUT2D eigenvalue weighted by molar-refractivity contribution is -0.117. The van der Waals surface area contributed by atoms with Crippen LogP contribution in [0.4, 0.5) is 5.82 Å². The maximum Gasteiger partial charge on any atom is 0.335 e. The van der Waals surface area contributed by atoms with Crippen LogP contribution in [0.5, 0.6) is 0 Å². The van der Waals surface area contributed by atoms with Crippen molar-refractivity contribution in [3.8, 4) is 0 Å². The maximum absolute atomic E-state index is 11.9. The van der Waals surface area contributed by atoms with Crippen molar-refractivity contribution < 1.29 is 23.1 Å². The predicted molar refractivity (Wildman–Crippen MR) is 76.5 cm³/mol. The molecule has 3 N–H and O–H groups in total. The summed E-state index contributed by atoms with van der Waals surface area (Å²) in [5, 5.41) is 11.2. The minimum Gasteiger partial charge on any atom is -0.478 e. The van der Waals surface area contributed by atoms with Crippen LogP contribution < -0.4 is 10.0 Å². The van der Waals surface area contributed by atoms with E-state index in [0.29, 0.717) is 6.42 Å². The van der Waals surface area contributed by atoms with Gasteiger partial charge in [0.1, 0.15) is 5.82 Å². The van der Waals surface area contributed by atoms with Crippen LogP contribution in [0.25, 0.3) is 0 Å². The molecule has 9 heteroatoms. The number of aromatic nitrogens is 1. The number of hydrogen-bond donors (Lipinski definition) is 3. The molecule has 116 valence electrons. The largest absolute Gasteiger partial charge is 0.478 e. The van der Waals surface area contributed by atoms with Gasteiger partial charge in [0.25, 0.3) is 0 Å². The zero-order valence-corrected chi connectivity index (χ0v) is 12.5. The number of anilines is 1. The van der Waals surface area contributed by atoms with Crippen molar-refractivity contribution >= 4 is 27.7 Å². The summed E-state index contributed by atoms with van der Waals surface area (Å²) in [6.45, 7) is 3.11. The highest BCUT2D eigenvalue weighted by molar-refractivity contribution is 7.89. The van der Waals surface area contributed by atoms with Gasteiger partial charge in [-0.15, -0.1) is 0 Å². The Hall–Kier alpha value is -2.00. The van der Waals surface area contributed by atoms with E-state index in [1.165, 1.54) is 25.3 Å². The second-order valence-electron chi connectivity index (χ2n) is 4.38. The van der Waals surface area contributed by atoms with Gasteiger partial charge >= 0.3 is 5.97 Å². The number of carboxylic acid groups (broad SMARTS) is 1. The van der Waals surface area contributed by atoms with E-state index in [2.05, 4.69) is 15.0 Å². The van der Waals surface area contributed by atoms with Crippen LogP contribution in [0.15, 0.2) is 18.3 Å². The summed E-state index contributed by atoms with van der Waals surface area (Å²) < 4.78 is 25.3. The van der Waals surface area contributed by atoms with Crippen molar-refractivity contribution in [3.05, 3.63) is 23.9 Å². The molecule has 0 saturated carbocycles. The molecule has 0 saturated heterocycles. The van der Waals surface area contributed by atoms with Crippen LogP contribution in [-0.2, 0) is 14.8 Å². The summed E-state index contributed by atoms with van der Waals surface area (Å²) in [6, 6.07) is 1.48. The Morgan fingerprint density at radius 2 is 2.10 bits per heavy atom. The molecule has 1 heterocycles. The van der Waals surface area contributed by atoms with Crippen molar-refractivity contribution in [2.24, 2.45) is 0 Å². The van der Waals surface area contributed by atoms with Crippen molar-refractivity contribution in [3.63, 3.8) is 0 Å². The average Bonchev–Trinajstić information content (AvgIpc) is 2.38. The number of pyridine rings is 1. The molecule has 8 nitrogen and oxygen atoms in total. The number of aromatic carboxylic acids is 1. The Bertz CT molecular complexity index is 630. The summed E-state index contributed by atoms with van der Waals surface area (Å²) in [4.78, 5) is 26.5. The number of hydrogen-bond acceptors (Lipinski definition) is 5. The lowest BCUT2D eigenvalue weighted by Crippen LogP contribution is -2.42. The molecule has 0 aromatic carbocycles. The van der Waals surface area contributed by atoms with E-state index < -0.39 is 27.9 Å². The Balaban J connectivity index is 2.72. The second kappa shape index (κ2) is 7.14. The molecule has 1 atom stereocenters. The number of carbonyl (C=O) groups is 2. The van der Waals surface area contributed by atoms with Crippen molar-refractivity contribution in [2.75, 3.05) is 11.1 Å². The lowest BCUT2D eigenvalue weighted by atomic mass is 10.2. The molecule has 0 spiro atoms. The summed E-state index contributed by atoms with van der Waals surface area (Å²) in [5.74, 6) is -1.80. The van der Waals surface area contributed by atoms with Crippen LogP contribution in [-0.4, -0.2) is 42.2 Å². The second-order valence-corrected chi connectivity index (χ2v) is 6.26. The predicted octanol–water partition coefficient (Wildman–Crippen LogP) is 0.436. The quantitative estimate of drug-likeness (QED) is 0.670. The van der Waals surface area contributed by atoms with Gasteiger partial charge in [-0.2, -0.15) is 0 Å². The van der Waals surface area contributed by atoms with E-state index in [1.807, 2.05) is 0 Å². The minimum absolute atomic E-state index is 0.0282. The van der Waals surface area contributed by atoms with Gasteiger partial charge in [0, 0.05) is 6.20 Å². The molecule has 1 aromatic heterocycles. The van der Waals surface area contributed by atoms with Crippen LogP contribution in [0.2, 0.25) is 0 Å². The lowest BCUT2D eigenvalue weighted by Gasteiger charge is -2.13. The van der Waals surface area contributed by atoms with Crippen molar-refractivity contribution in [1.82, 2.24) is 9.71 Å². The van der Waals surface area contributed by atoms with Gasteiger partial charge in [-0.1, -0.05) is 6.92 Å². The third-order valence-electron chi connectivity index (χ3n) is 2.48. The first-order valence-corrected chi connectivity index (χ1v) is 7.90. The molecule has 0 fully saturated rings. The highest BCUT2D eigenvalue weighted by Crippen LogP contribution is 2.07. The Labute approximate surface area is 122 Å². The molecule has 0 bridgehead atoms. The molecule has 1 aromatic rings. The number of carbonyl (C=O) groups excluding carboxylic acids is 1. The smallest absolute Gasteiger partial charge is 0.335 e. The van der Waals surface area contributed by atoms with Crippen LogP contribution >= 0.6 is 0 Å². The number of nitrogens with zero attached hydrogens (tertiary/aromatic N) is 1. The normalized spacial score (nSPS) is 12.7.